The van der Waals surface area contributed by atoms with Gasteiger partial charge in [0.2, 0.25) is 0 Å². The van der Waals surface area contributed by atoms with Gasteiger partial charge in [0.25, 0.3) is 0 Å². The minimum atomic E-state index is 0.716. The van der Waals surface area contributed by atoms with E-state index in [1.54, 1.807) is 38.5 Å². The summed E-state index contributed by atoms with van der Waals surface area (Å²) in [5.74, 6) is 3.31. The lowest BCUT2D eigenvalue weighted by molar-refractivity contribution is -0.0523. The highest BCUT2D eigenvalue weighted by Crippen LogP contribution is 2.59. The van der Waals surface area contributed by atoms with E-state index in [1.807, 2.05) is 0 Å². The van der Waals surface area contributed by atoms with E-state index >= 15 is 0 Å². The van der Waals surface area contributed by atoms with E-state index in [-0.39, 0.29) is 0 Å². The fourth-order valence-electron chi connectivity index (χ4n) is 5.04. The van der Waals surface area contributed by atoms with Crippen molar-refractivity contribution in [2.75, 3.05) is 6.54 Å². The smallest absolute Gasteiger partial charge is 0.00363 e. The van der Waals surface area contributed by atoms with Gasteiger partial charge in [0.1, 0.15) is 0 Å². The average Bonchev–Trinajstić information content (AvgIpc) is 2.24. The van der Waals surface area contributed by atoms with Crippen molar-refractivity contribution in [3.05, 3.63) is 0 Å². The molecular weight excluding hydrogens is 194 g/mol. The molecule has 0 aromatic rings. The van der Waals surface area contributed by atoms with Crippen molar-refractivity contribution in [2.24, 2.45) is 23.2 Å². The summed E-state index contributed by atoms with van der Waals surface area (Å²) in [5, 5.41) is 3.79. The third kappa shape index (κ3) is 1.92. The van der Waals surface area contributed by atoms with Crippen LogP contribution in [-0.2, 0) is 0 Å². The maximum absolute atomic E-state index is 3.79. The van der Waals surface area contributed by atoms with Crippen LogP contribution in [0.2, 0.25) is 0 Å². The molecule has 4 saturated carbocycles. The van der Waals surface area contributed by atoms with Crippen LogP contribution in [0.1, 0.15) is 58.8 Å². The Morgan fingerprint density at radius 1 is 1.06 bits per heavy atom. The Balaban J connectivity index is 1.64. The zero-order valence-electron chi connectivity index (χ0n) is 11.0. The van der Waals surface area contributed by atoms with Crippen LogP contribution in [0.15, 0.2) is 0 Å². The first-order chi connectivity index (χ1) is 7.69. The standard InChI is InChI=1S/C15H27N/c1-3-11(2)16-10-15-7-12-4-13(8-15)6-14(5-12)9-15/h11-14,16H,3-10H2,1-2H3. The minimum Gasteiger partial charge on any atom is -0.314 e. The first-order valence-electron chi connectivity index (χ1n) is 7.42. The van der Waals surface area contributed by atoms with Crippen molar-refractivity contribution < 1.29 is 0 Å². The molecule has 92 valence electrons. The molecule has 0 spiro atoms. The van der Waals surface area contributed by atoms with Crippen LogP contribution in [0.3, 0.4) is 0 Å². The van der Waals surface area contributed by atoms with E-state index in [0.717, 1.165) is 23.2 Å². The number of hydrogen-bond donors (Lipinski definition) is 1. The second-order valence-corrected chi connectivity index (χ2v) is 7.11. The van der Waals surface area contributed by atoms with Gasteiger partial charge < -0.3 is 5.32 Å². The summed E-state index contributed by atoms with van der Waals surface area (Å²) in [6.07, 6.45) is 10.6. The minimum absolute atomic E-state index is 0.716. The first kappa shape index (κ1) is 11.1. The van der Waals surface area contributed by atoms with Crippen LogP contribution in [0.25, 0.3) is 0 Å². The molecule has 1 heteroatoms. The van der Waals surface area contributed by atoms with Gasteiger partial charge >= 0.3 is 0 Å². The predicted octanol–water partition coefficient (Wildman–Crippen LogP) is 3.59. The fourth-order valence-corrected chi connectivity index (χ4v) is 5.04. The fraction of sp³-hybridized carbons (Fsp3) is 1.00. The van der Waals surface area contributed by atoms with Crippen molar-refractivity contribution in [3.8, 4) is 0 Å². The summed E-state index contributed by atoms with van der Waals surface area (Å²) in [6, 6.07) is 0.716. The maximum atomic E-state index is 3.79. The van der Waals surface area contributed by atoms with Gasteiger partial charge in [0.15, 0.2) is 0 Å². The molecule has 0 aliphatic heterocycles. The lowest BCUT2D eigenvalue weighted by Crippen LogP contribution is -2.51. The number of nitrogens with one attached hydrogen (secondary N) is 1. The van der Waals surface area contributed by atoms with E-state index in [2.05, 4.69) is 19.2 Å². The average molecular weight is 221 g/mol. The molecule has 0 saturated heterocycles. The molecule has 4 rings (SSSR count). The largest absolute Gasteiger partial charge is 0.314 e. The summed E-state index contributed by atoms with van der Waals surface area (Å²) in [4.78, 5) is 0. The van der Waals surface area contributed by atoms with Crippen molar-refractivity contribution in [1.29, 1.82) is 0 Å². The molecule has 4 aliphatic carbocycles. The predicted molar refractivity (Wildman–Crippen MR) is 68.4 cm³/mol. The molecular formula is C15H27N. The van der Waals surface area contributed by atoms with Crippen molar-refractivity contribution in [1.82, 2.24) is 5.32 Å². The van der Waals surface area contributed by atoms with Gasteiger partial charge in [-0.2, -0.15) is 0 Å². The highest BCUT2D eigenvalue weighted by molar-refractivity contribution is 5.02. The van der Waals surface area contributed by atoms with Crippen LogP contribution >= 0.6 is 0 Å². The van der Waals surface area contributed by atoms with Gasteiger partial charge in [-0.3, -0.25) is 0 Å². The zero-order valence-corrected chi connectivity index (χ0v) is 11.0. The molecule has 0 radical (unpaired) electrons. The van der Waals surface area contributed by atoms with Crippen LogP contribution < -0.4 is 5.32 Å². The van der Waals surface area contributed by atoms with Gasteiger partial charge in [-0.25, -0.2) is 0 Å². The van der Waals surface area contributed by atoms with Gasteiger partial charge in [0.05, 0.1) is 0 Å². The summed E-state index contributed by atoms with van der Waals surface area (Å²) >= 11 is 0. The van der Waals surface area contributed by atoms with Crippen LogP contribution in [0, 0.1) is 23.2 Å². The molecule has 16 heavy (non-hydrogen) atoms. The van der Waals surface area contributed by atoms with E-state index in [1.165, 1.54) is 13.0 Å². The van der Waals surface area contributed by atoms with Crippen molar-refractivity contribution >= 4 is 0 Å². The molecule has 4 fully saturated rings. The van der Waals surface area contributed by atoms with Gasteiger partial charge in [-0.05, 0) is 75.0 Å². The van der Waals surface area contributed by atoms with E-state index in [9.17, 15) is 0 Å². The van der Waals surface area contributed by atoms with Crippen molar-refractivity contribution in [3.63, 3.8) is 0 Å². The van der Waals surface area contributed by atoms with Crippen LogP contribution in [0.5, 0.6) is 0 Å². The maximum Gasteiger partial charge on any atom is 0.00363 e. The Hall–Kier alpha value is -0.0400. The molecule has 1 atom stereocenters. The van der Waals surface area contributed by atoms with E-state index in [4.69, 9.17) is 0 Å². The second kappa shape index (κ2) is 4.01. The summed E-state index contributed by atoms with van der Waals surface area (Å²) in [5.41, 5.74) is 0.720. The van der Waals surface area contributed by atoms with E-state index < -0.39 is 0 Å². The Morgan fingerprint density at radius 3 is 2.00 bits per heavy atom. The third-order valence-electron chi connectivity index (χ3n) is 5.60. The molecule has 0 amide bonds. The zero-order chi connectivity index (χ0) is 11.2. The first-order valence-corrected chi connectivity index (χ1v) is 7.42. The quantitative estimate of drug-likeness (QED) is 0.765. The van der Waals surface area contributed by atoms with Gasteiger partial charge in [-0.15, -0.1) is 0 Å². The normalized spacial score (nSPS) is 47.2. The number of rotatable bonds is 4. The topological polar surface area (TPSA) is 12.0 Å². The Labute approximate surface area is 100 Å². The van der Waals surface area contributed by atoms with E-state index in [0.29, 0.717) is 6.04 Å². The lowest BCUT2D eigenvalue weighted by Gasteiger charge is -2.57. The SMILES string of the molecule is CCC(C)NCC12CC3CC(CC(C3)C1)C2. The Morgan fingerprint density at radius 2 is 1.56 bits per heavy atom. The van der Waals surface area contributed by atoms with Crippen molar-refractivity contribution in [2.45, 2.75) is 64.8 Å². The highest BCUT2D eigenvalue weighted by Gasteiger charge is 2.50. The van der Waals surface area contributed by atoms with Gasteiger partial charge in [-0.1, -0.05) is 6.92 Å². The molecule has 0 aromatic carbocycles. The Kier molecular flexibility index (Phi) is 2.78. The molecule has 0 aromatic heterocycles. The number of hydrogen-bond acceptors (Lipinski definition) is 1. The molecule has 0 heterocycles. The summed E-state index contributed by atoms with van der Waals surface area (Å²) < 4.78 is 0. The molecule has 4 aliphatic rings. The van der Waals surface area contributed by atoms with Gasteiger partial charge in [0, 0.05) is 12.6 Å². The summed E-state index contributed by atoms with van der Waals surface area (Å²) in [7, 11) is 0. The Bertz CT molecular complexity index is 223. The lowest BCUT2D eigenvalue weighted by atomic mass is 9.49. The third-order valence-corrected chi connectivity index (χ3v) is 5.60. The monoisotopic (exact) mass is 221 g/mol. The molecule has 1 N–H and O–H groups in total. The molecule has 4 bridgehead atoms. The summed E-state index contributed by atoms with van der Waals surface area (Å²) in [6.45, 7) is 5.93. The van der Waals surface area contributed by atoms with Crippen LogP contribution in [-0.4, -0.2) is 12.6 Å². The highest BCUT2D eigenvalue weighted by atomic mass is 14.9. The second-order valence-electron chi connectivity index (χ2n) is 7.11. The molecule has 1 nitrogen and oxygen atoms in total. The molecule has 1 unspecified atom stereocenters. The van der Waals surface area contributed by atoms with Crippen LogP contribution in [0.4, 0.5) is 0 Å².